The molecule has 1 aromatic carbocycles. The molecule has 0 aliphatic heterocycles. The zero-order valence-corrected chi connectivity index (χ0v) is 10.4. The summed E-state index contributed by atoms with van der Waals surface area (Å²) in [5.41, 5.74) is 1.18. The first-order chi connectivity index (χ1) is 8.38. The Bertz CT molecular complexity index is 326. The van der Waals surface area contributed by atoms with Crippen LogP contribution in [-0.2, 0) is 11.3 Å². The van der Waals surface area contributed by atoms with Gasteiger partial charge < -0.3 is 14.8 Å². The maximum Gasteiger partial charge on any atom is 0.123 e. The van der Waals surface area contributed by atoms with E-state index in [1.807, 2.05) is 25.1 Å². The molecule has 0 unspecified atom stereocenters. The molecule has 1 rings (SSSR count). The summed E-state index contributed by atoms with van der Waals surface area (Å²) in [6, 6.07) is 8.08. The van der Waals surface area contributed by atoms with Crippen LogP contribution in [0.2, 0.25) is 0 Å². The molecule has 1 N–H and O–H groups in total. The first kappa shape index (κ1) is 13.7. The predicted octanol–water partition coefficient (Wildman–Crippen LogP) is 2.38. The molecular formula is C14H21NO2. The number of benzene rings is 1. The third-order valence-corrected chi connectivity index (χ3v) is 2.25. The maximum absolute atomic E-state index is 5.55. The van der Waals surface area contributed by atoms with Crippen LogP contribution in [0.15, 0.2) is 36.9 Å². The highest BCUT2D eigenvalue weighted by Crippen LogP contribution is 2.17. The molecule has 94 valence electrons. The summed E-state index contributed by atoms with van der Waals surface area (Å²) in [4.78, 5) is 0. The number of nitrogens with one attached hydrogen (secondary N) is 1. The summed E-state index contributed by atoms with van der Waals surface area (Å²) in [6.45, 7) is 9.22. The van der Waals surface area contributed by atoms with Crippen molar-refractivity contribution >= 4 is 0 Å². The van der Waals surface area contributed by atoms with Crippen molar-refractivity contribution in [2.24, 2.45) is 0 Å². The molecule has 3 heteroatoms. The number of para-hydroxylation sites is 1. The van der Waals surface area contributed by atoms with Gasteiger partial charge in [-0.1, -0.05) is 24.3 Å². The fourth-order valence-corrected chi connectivity index (χ4v) is 1.48. The second-order valence-electron chi connectivity index (χ2n) is 3.58. The van der Waals surface area contributed by atoms with Crippen LogP contribution in [0.25, 0.3) is 0 Å². The largest absolute Gasteiger partial charge is 0.494 e. The Kier molecular flexibility index (Phi) is 7.11. The molecule has 0 aromatic heterocycles. The van der Waals surface area contributed by atoms with Gasteiger partial charge in [-0.15, -0.1) is 6.58 Å². The van der Waals surface area contributed by atoms with E-state index in [4.69, 9.17) is 9.47 Å². The molecular weight excluding hydrogens is 214 g/mol. The van der Waals surface area contributed by atoms with Crippen molar-refractivity contribution in [3.05, 3.63) is 42.5 Å². The van der Waals surface area contributed by atoms with E-state index in [-0.39, 0.29) is 0 Å². The third-order valence-electron chi connectivity index (χ3n) is 2.25. The van der Waals surface area contributed by atoms with Gasteiger partial charge >= 0.3 is 0 Å². The van der Waals surface area contributed by atoms with Crippen molar-refractivity contribution < 1.29 is 9.47 Å². The molecule has 0 aliphatic carbocycles. The van der Waals surface area contributed by atoms with Gasteiger partial charge in [0.1, 0.15) is 5.75 Å². The van der Waals surface area contributed by atoms with Crippen molar-refractivity contribution in [3.63, 3.8) is 0 Å². The number of ether oxygens (including phenoxy) is 2. The van der Waals surface area contributed by atoms with Gasteiger partial charge in [0.05, 0.1) is 19.8 Å². The van der Waals surface area contributed by atoms with E-state index >= 15 is 0 Å². The highest BCUT2D eigenvalue weighted by atomic mass is 16.5. The molecule has 0 spiro atoms. The van der Waals surface area contributed by atoms with Gasteiger partial charge in [-0.05, 0) is 13.0 Å². The Hall–Kier alpha value is -1.32. The van der Waals surface area contributed by atoms with Crippen molar-refractivity contribution in [2.75, 3.05) is 26.4 Å². The van der Waals surface area contributed by atoms with E-state index in [0.717, 1.165) is 18.8 Å². The van der Waals surface area contributed by atoms with Crippen LogP contribution in [0.5, 0.6) is 5.75 Å². The van der Waals surface area contributed by atoms with Gasteiger partial charge in [-0.25, -0.2) is 0 Å². The fraction of sp³-hybridized carbons (Fsp3) is 0.429. The first-order valence-corrected chi connectivity index (χ1v) is 5.98. The lowest BCUT2D eigenvalue weighted by Crippen LogP contribution is -2.19. The topological polar surface area (TPSA) is 30.5 Å². The standard InChI is InChI=1S/C14H21NO2/c1-3-10-16-11-9-15-12-13-7-5-6-8-14(13)17-4-2/h3,5-8,15H,1,4,9-12H2,2H3. The third kappa shape index (κ3) is 5.52. The van der Waals surface area contributed by atoms with Crippen LogP contribution in [0.3, 0.4) is 0 Å². The molecule has 0 aliphatic rings. The Balaban J connectivity index is 2.28. The Morgan fingerprint density at radius 2 is 2.18 bits per heavy atom. The average Bonchev–Trinajstić information content (AvgIpc) is 2.36. The zero-order valence-electron chi connectivity index (χ0n) is 10.4. The minimum atomic E-state index is 0.608. The van der Waals surface area contributed by atoms with Gasteiger partial charge in [0.2, 0.25) is 0 Å². The number of rotatable bonds is 9. The quantitative estimate of drug-likeness (QED) is 0.526. The van der Waals surface area contributed by atoms with Crippen molar-refractivity contribution in [3.8, 4) is 5.75 Å². The summed E-state index contributed by atoms with van der Waals surface area (Å²) in [5.74, 6) is 0.953. The van der Waals surface area contributed by atoms with E-state index in [0.29, 0.717) is 19.8 Å². The highest BCUT2D eigenvalue weighted by molar-refractivity contribution is 5.33. The Morgan fingerprint density at radius 3 is 2.94 bits per heavy atom. The SMILES string of the molecule is C=CCOCCNCc1ccccc1OCC. The average molecular weight is 235 g/mol. The highest BCUT2D eigenvalue weighted by Gasteiger charge is 2.00. The van der Waals surface area contributed by atoms with Gasteiger partial charge in [-0.3, -0.25) is 0 Å². The Morgan fingerprint density at radius 1 is 1.35 bits per heavy atom. The minimum absolute atomic E-state index is 0.608. The molecule has 0 bridgehead atoms. The monoisotopic (exact) mass is 235 g/mol. The molecule has 0 saturated carbocycles. The normalized spacial score (nSPS) is 10.2. The van der Waals surface area contributed by atoms with Crippen molar-refractivity contribution in [2.45, 2.75) is 13.5 Å². The molecule has 0 amide bonds. The molecule has 0 fully saturated rings. The van der Waals surface area contributed by atoms with Crippen molar-refractivity contribution in [1.82, 2.24) is 5.32 Å². The number of hydrogen-bond acceptors (Lipinski definition) is 3. The minimum Gasteiger partial charge on any atom is -0.494 e. The summed E-state index contributed by atoms with van der Waals surface area (Å²) < 4.78 is 10.8. The molecule has 3 nitrogen and oxygen atoms in total. The molecule has 0 atom stereocenters. The van der Waals surface area contributed by atoms with Crippen LogP contribution in [0.1, 0.15) is 12.5 Å². The summed E-state index contributed by atoms with van der Waals surface area (Å²) in [6.07, 6.45) is 1.75. The van der Waals surface area contributed by atoms with Gasteiger partial charge in [0, 0.05) is 18.7 Å². The molecule has 0 radical (unpaired) electrons. The zero-order chi connectivity index (χ0) is 12.3. The smallest absolute Gasteiger partial charge is 0.123 e. The van der Waals surface area contributed by atoms with E-state index in [2.05, 4.69) is 18.0 Å². The van der Waals surface area contributed by atoms with E-state index < -0.39 is 0 Å². The summed E-state index contributed by atoms with van der Waals surface area (Å²) in [5, 5.41) is 3.32. The van der Waals surface area contributed by atoms with Crippen LogP contribution in [0, 0.1) is 0 Å². The number of hydrogen-bond donors (Lipinski definition) is 1. The van der Waals surface area contributed by atoms with Crippen molar-refractivity contribution in [1.29, 1.82) is 0 Å². The predicted molar refractivity (Wildman–Crippen MR) is 70.3 cm³/mol. The summed E-state index contributed by atoms with van der Waals surface area (Å²) >= 11 is 0. The molecule has 1 aromatic rings. The molecule has 0 saturated heterocycles. The fourth-order valence-electron chi connectivity index (χ4n) is 1.48. The lowest BCUT2D eigenvalue weighted by Gasteiger charge is -2.10. The second kappa shape index (κ2) is 8.79. The lowest BCUT2D eigenvalue weighted by molar-refractivity contribution is 0.163. The molecule has 0 heterocycles. The van der Waals surface area contributed by atoms with Crippen LogP contribution in [0.4, 0.5) is 0 Å². The van der Waals surface area contributed by atoms with E-state index in [9.17, 15) is 0 Å². The van der Waals surface area contributed by atoms with Crippen LogP contribution >= 0.6 is 0 Å². The van der Waals surface area contributed by atoms with E-state index in [1.54, 1.807) is 6.08 Å². The first-order valence-electron chi connectivity index (χ1n) is 5.98. The van der Waals surface area contributed by atoms with E-state index in [1.165, 1.54) is 5.56 Å². The Labute approximate surface area is 103 Å². The maximum atomic E-state index is 5.55. The van der Waals surface area contributed by atoms with Gasteiger partial charge in [-0.2, -0.15) is 0 Å². The second-order valence-corrected chi connectivity index (χ2v) is 3.58. The van der Waals surface area contributed by atoms with Crippen LogP contribution < -0.4 is 10.1 Å². The summed E-state index contributed by atoms with van der Waals surface area (Å²) in [7, 11) is 0. The van der Waals surface area contributed by atoms with Crippen LogP contribution in [-0.4, -0.2) is 26.4 Å². The lowest BCUT2D eigenvalue weighted by atomic mass is 10.2. The van der Waals surface area contributed by atoms with Gasteiger partial charge in [0.25, 0.3) is 0 Å². The molecule has 17 heavy (non-hydrogen) atoms. The van der Waals surface area contributed by atoms with Gasteiger partial charge in [0.15, 0.2) is 0 Å².